The van der Waals surface area contributed by atoms with Crippen molar-refractivity contribution in [3.05, 3.63) is 35.9 Å². The van der Waals surface area contributed by atoms with Crippen LogP contribution in [0.15, 0.2) is 30.3 Å². The molecular weight excluding hydrogens is 234 g/mol. The molecule has 1 fully saturated rings. The molecule has 0 saturated heterocycles. The maximum absolute atomic E-state index is 10.7. The van der Waals surface area contributed by atoms with Crippen LogP contribution >= 0.6 is 0 Å². The predicted molar refractivity (Wildman–Crippen MR) is 79.9 cm³/mol. The third kappa shape index (κ3) is 3.37. The normalized spacial score (nSPS) is 22.9. The van der Waals surface area contributed by atoms with E-state index in [1.165, 1.54) is 5.56 Å². The van der Waals surface area contributed by atoms with Gasteiger partial charge in [-0.25, -0.2) is 0 Å². The molecular formula is C17H27NO. The molecule has 2 heteroatoms. The summed E-state index contributed by atoms with van der Waals surface area (Å²) in [5, 5.41) is 10.7. The highest BCUT2D eigenvalue weighted by Crippen LogP contribution is 2.46. The third-order valence-electron chi connectivity index (χ3n) is 4.98. The number of benzene rings is 1. The molecule has 19 heavy (non-hydrogen) atoms. The maximum atomic E-state index is 10.7. The van der Waals surface area contributed by atoms with Crippen LogP contribution in [0, 0.1) is 10.8 Å². The van der Waals surface area contributed by atoms with E-state index in [0.717, 1.165) is 32.1 Å². The van der Waals surface area contributed by atoms with Crippen molar-refractivity contribution in [2.24, 2.45) is 16.6 Å². The van der Waals surface area contributed by atoms with Gasteiger partial charge in [0, 0.05) is 12.0 Å². The maximum Gasteiger partial charge on any atom is 0.0648 e. The summed E-state index contributed by atoms with van der Waals surface area (Å²) in [6.45, 7) is 5.23. The summed E-state index contributed by atoms with van der Waals surface area (Å²) >= 11 is 0. The molecule has 1 aromatic rings. The van der Waals surface area contributed by atoms with E-state index >= 15 is 0 Å². The van der Waals surface area contributed by atoms with E-state index in [4.69, 9.17) is 5.73 Å². The molecule has 1 aromatic carbocycles. The molecule has 0 amide bonds. The van der Waals surface area contributed by atoms with Gasteiger partial charge in [-0.2, -0.15) is 0 Å². The van der Waals surface area contributed by atoms with E-state index in [9.17, 15) is 5.11 Å². The lowest BCUT2D eigenvalue weighted by Crippen LogP contribution is -2.46. The van der Waals surface area contributed by atoms with Crippen LogP contribution in [-0.2, 0) is 6.42 Å². The van der Waals surface area contributed by atoms with E-state index in [1.807, 2.05) is 18.2 Å². The van der Waals surface area contributed by atoms with Gasteiger partial charge in [-0.3, -0.25) is 0 Å². The number of aliphatic hydroxyl groups is 1. The van der Waals surface area contributed by atoms with E-state index < -0.39 is 0 Å². The van der Waals surface area contributed by atoms with Crippen molar-refractivity contribution >= 4 is 0 Å². The minimum Gasteiger partial charge on any atom is -0.392 e. The van der Waals surface area contributed by atoms with Crippen LogP contribution in [-0.4, -0.2) is 17.8 Å². The second-order valence-corrected chi connectivity index (χ2v) is 6.94. The number of hydrogen-bond donors (Lipinski definition) is 2. The molecule has 0 radical (unpaired) electrons. The van der Waals surface area contributed by atoms with Gasteiger partial charge < -0.3 is 10.8 Å². The van der Waals surface area contributed by atoms with Crippen LogP contribution in [0.3, 0.4) is 0 Å². The molecule has 0 aliphatic heterocycles. The van der Waals surface area contributed by atoms with Crippen LogP contribution in [0.5, 0.6) is 0 Å². The zero-order valence-corrected chi connectivity index (χ0v) is 12.2. The van der Waals surface area contributed by atoms with Gasteiger partial charge in [0.15, 0.2) is 0 Å². The Morgan fingerprint density at radius 3 is 2.21 bits per heavy atom. The molecule has 0 aromatic heterocycles. The highest BCUT2D eigenvalue weighted by molar-refractivity contribution is 5.16. The summed E-state index contributed by atoms with van der Waals surface area (Å²) in [6, 6.07) is 10.2. The summed E-state index contributed by atoms with van der Waals surface area (Å²) in [6.07, 6.45) is 4.82. The smallest absolute Gasteiger partial charge is 0.0648 e. The largest absolute Gasteiger partial charge is 0.392 e. The van der Waals surface area contributed by atoms with Crippen molar-refractivity contribution < 1.29 is 5.11 Å². The molecule has 1 aliphatic rings. The third-order valence-corrected chi connectivity index (χ3v) is 4.98. The summed E-state index contributed by atoms with van der Waals surface area (Å²) in [5.41, 5.74) is 7.55. The Bertz CT molecular complexity index is 389. The van der Waals surface area contributed by atoms with Gasteiger partial charge in [-0.1, -0.05) is 44.2 Å². The molecule has 1 aliphatic carbocycles. The highest BCUT2D eigenvalue weighted by atomic mass is 16.3. The molecule has 3 N–H and O–H groups in total. The van der Waals surface area contributed by atoms with E-state index in [2.05, 4.69) is 26.0 Å². The second kappa shape index (κ2) is 5.64. The Labute approximate surface area is 117 Å². The molecule has 2 rings (SSSR count). The van der Waals surface area contributed by atoms with Gasteiger partial charge in [0.2, 0.25) is 0 Å². The standard InChI is InChI=1S/C17H27NO/c1-16(2)8-10-17(13-18,11-9-16)15(19)12-14-6-4-3-5-7-14/h3-7,15,19H,8-13,18H2,1-2H3. The van der Waals surface area contributed by atoms with E-state index in [0.29, 0.717) is 12.0 Å². The zero-order valence-electron chi connectivity index (χ0n) is 12.2. The summed E-state index contributed by atoms with van der Waals surface area (Å²) in [4.78, 5) is 0. The average Bonchev–Trinajstić information content (AvgIpc) is 2.40. The van der Waals surface area contributed by atoms with Crippen molar-refractivity contribution in [1.82, 2.24) is 0 Å². The number of aliphatic hydroxyl groups excluding tert-OH is 1. The van der Waals surface area contributed by atoms with Crippen molar-refractivity contribution in [2.45, 2.75) is 52.1 Å². The van der Waals surface area contributed by atoms with Crippen LogP contribution in [0.1, 0.15) is 45.1 Å². The first kappa shape index (κ1) is 14.5. The summed E-state index contributed by atoms with van der Waals surface area (Å²) in [7, 11) is 0. The van der Waals surface area contributed by atoms with Gasteiger partial charge in [-0.15, -0.1) is 0 Å². The minimum atomic E-state index is -0.323. The first-order chi connectivity index (χ1) is 8.97. The van der Waals surface area contributed by atoms with Crippen molar-refractivity contribution in [1.29, 1.82) is 0 Å². The first-order valence-electron chi connectivity index (χ1n) is 7.40. The number of hydrogen-bond acceptors (Lipinski definition) is 2. The molecule has 1 atom stereocenters. The minimum absolute atomic E-state index is 0.0780. The van der Waals surface area contributed by atoms with Gasteiger partial charge in [0.1, 0.15) is 0 Å². The van der Waals surface area contributed by atoms with Crippen LogP contribution < -0.4 is 5.73 Å². The Morgan fingerprint density at radius 2 is 1.68 bits per heavy atom. The Balaban J connectivity index is 2.05. The molecule has 0 spiro atoms. The fourth-order valence-corrected chi connectivity index (χ4v) is 3.15. The summed E-state index contributed by atoms with van der Waals surface area (Å²) in [5.74, 6) is 0. The Morgan fingerprint density at radius 1 is 1.11 bits per heavy atom. The summed E-state index contributed by atoms with van der Waals surface area (Å²) < 4.78 is 0. The molecule has 0 heterocycles. The SMILES string of the molecule is CC1(C)CCC(CN)(C(O)Cc2ccccc2)CC1. The second-order valence-electron chi connectivity index (χ2n) is 6.94. The fourth-order valence-electron chi connectivity index (χ4n) is 3.15. The Hall–Kier alpha value is -0.860. The monoisotopic (exact) mass is 261 g/mol. The average molecular weight is 261 g/mol. The highest BCUT2D eigenvalue weighted by Gasteiger charge is 2.42. The number of rotatable bonds is 4. The van der Waals surface area contributed by atoms with E-state index in [1.54, 1.807) is 0 Å². The lowest BCUT2D eigenvalue weighted by Gasteiger charge is -2.45. The lowest BCUT2D eigenvalue weighted by molar-refractivity contribution is -0.0210. The van der Waals surface area contributed by atoms with Gasteiger partial charge in [0.25, 0.3) is 0 Å². The van der Waals surface area contributed by atoms with Gasteiger partial charge in [-0.05, 0) is 43.1 Å². The zero-order chi connectivity index (χ0) is 13.9. The van der Waals surface area contributed by atoms with Crippen LogP contribution in [0.4, 0.5) is 0 Å². The Kier molecular flexibility index (Phi) is 4.32. The van der Waals surface area contributed by atoms with Crippen LogP contribution in [0.25, 0.3) is 0 Å². The molecule has 0 bridgehead atoms. The van der Waals surface area contributed by atoms with Gasteiger partial charge >= 0.3 is 0 Å². The van der Waals surface area contributed by atoms with E-state index in [-0.39, 0.29) is 11.5 Å². The van der Waals surface area contributed by atoms with Crippen molar-refractivity contribution in [3.63, 3.8) is 0 Å². The topological polar surface area (TPSA) is 46.2 Å². The molecule has 1 unspecified atom stereocenters. The fraction of sp³-hybridized carbons (Fsp3) is 0.647. The van der Waals surface area contributed by atoms with Crippen LogP contribution in [0.2, 0.25) is 0 Å². The molecule has 1 saturated carbocycles. The predicted octanol–water partition coefficient (Wildman–Crippen LogP) is 3.14. The lowest BCUT2D eigenvalue weighted by atomic mass is 9.62. The first-order valence-corrected chi connectivity index (χ1v) is 7.40. The van der Waals surface area contributed by atoms with Gasteiger partial charge in [0.05, 0.1) is 6.10 Å². The number of nitrogens with two attached hydrogens (primary N) is 1. The van der Waals surface area contributed by atoms with Crippen molar-refractivity contribution in [2.75, 3.05) is 6.54 Å². The quantitative estimate of drug-likeness (QED) is 0.874. The molecule has 106 valence electrons. The molecule has 2 nitrogen and oxygen atoms in total. The van der Waals surface area contributed by atoms with Crippen molar-refractivity contribution in [3.8, 4) is 0 Å².